The molecule has 2 aromatic carbocycles. The van der Waals surface area contributed by atoms with Crippen molar-refractivity contribution in [2.24, 2.45) is 5.92 Å². The van der Waals surface area contributed by atoms with E-state index in [1.807, 2.05) is 16.3 Å². The summed E-state index contributed by atoms with van der Waals surface area (Å²) >= 11 is 1.34. The zero-order chi connectivity index (χ0) is 24.4. The van der Waals surface area contributed by atoms with E-state index in [9.17, 15) is 18.4 Å². The number of thiophene rings is 1. The minimum absolute atomic E-state index is 0.121. The predicted octanol–water partition coefficient (Wildman–Crippen LogP) is 4.32. The molecule has 0 spiro atoms. The van der Waals surface area contributed by atoms with Gasteiger partial charge < -0.3 is 10.2 Å². The Bertz CT molecular complexity index is 1420. The summed E-state index contributed by atoms with van der Waals surface area (Å²) in [4.78, 5) is 33.0. The van der Waals surface area contributed by atoms with Gasteiger partial charge in [-0.05, 0) is 48.1 Å². The van der Waals surface area contributed by atoms with Gasteiger partial charge in [0.2, 0.25) is 11.9 Å². The lowest BCUT2D eigenvalue weighted by Gasteiger charge is -2.34. The second kappa shape index (κ2) is 9.95. The van der Waals surface area contributed by atoms with Crippen LogP contribution in [0.2, 0.25) is 0 Å². The summed E-state index contributed by atoms with van der Waals surface area (Å²) in [5.41, 5.74) is 1.68. The van der Waals surface area contributed by atoms with Gasteiger partial charge in [0.05, 0.1) is 18.0 Å². The van der Waals surface area contributed by atoms with Gasteiger partial charge in [0, 0.05) is 25.2 Å². The van der Waals surface area contributed by atoms with Gasteiger partial charge in [0.25, 0.3) is 5.56 Å². The molecular formula is C26H24F2N4O2S. The van der Waals surface area contributed by atoms with Crippen molar-refractivity contribution in [1.82, 2.24) is 14.9 Å². The van der Waals surface area contributed by atoms with Crippen LogP contribution < -0.4 is 15.8 Å². The summed E-state index contributed by atoms with van der Waals surface area (Å²) in [6.07, 6.45) is 1.45. The van der Waals surface area contributed by atoms with E-state index in [-0.39, 0.29) is 42.1 Å². The number of benzene rings is 2. The molecule has 9 heteroatoms. The van der Waals surface area contributed by atoms with Crippen molar-refractivity contribution in [1.29, 1.82) is 0 Å². The number of rotatable bonds is 6. The molecule has 3 heterocycles. The molecule has 2 aromatic heterocycles. The number of amides is 1. The molecule has 0 saturated carbocycles. The van der Waals surface area contributed by atoms with Crippen LogP contribution in [0.5, 0.6) is 0 Å². The monoisotopic (exact) mass is 494 g/mol. The van der Waals surface area contributed by atoms with Crippen LogP contribution in [0.3, 0.4) is 0 Å². The molecule has 0 aliphatic carbocycles. The Morgan fingerprint density at radius 3 is 2.71 bits per heavy atom. The maximum absolute atomic E-state index is 13.9. The third kappa shape index (κ3) is 4.95. The zero-order valence-electron chi connectivity index (χ0n) is 18.9. The normalized spacial score (nSPS) is 15.9. The van der Waals surface area contributed by atoms with Crippen LogP contribution in [0.25, 0.3) is 10.2 Å². The molecule has 180 valence electrons. The maximum Gasteiger partial charge on any atom is 0.273 e. The van der Waals surface area contributed by atoms with Crippen molar-refractivity contribution < 1.29 is 13.6 Å². The summed E-state index contributed by atoms with van der Waals surface area (Å²) in [6, 6.07) is 14.2. The van der Waals surface area contributed by atoms with Gasteiger partial charge in [0.1, 0.15) is 16.3 Å². The molecule has 1 aliphatic rings. The molecule has 1 amide bonds. The van der Waals surface area contributed by atoms with E-state index < -0.39 is 0 Å². The molecule has 1 aliphatic heterocycles. The van der Waals surface area contributed by atoms with Crippen LogP contribution in [0.15, 0.2) is 64.8 Å². The molecule has 1 atom stereocenters. The van der Waals surface area contributed by atoms with Crippen molar-refractivity contribution in [3.63, 3.8) is 0 Å². The first-order chi connectivity index (χ1) is 17.0. The van der Waals surface area contributed by atoms with Crippen molar-refractivity contribution in [3.8, 4) is 0 Å². The molecule has 1 unspecified atom stereocenters. The number of carbonyl (C=O) groups excluding carboxylic acids is 1. The topological polar surface area (TPSA) is 67.2 Å². The Kier molecular flexibility index (Phi) is 6.59. The summed E-state index contributed by atoms with van der Waals surface area (Å²) in [5, 5.41) is 4.68. The van der Waals surface area contributed by atoms with Gasteiger partial charge >= 0.3 is 0 Å². The van der Waals surface area contributed by atoms with Gasteiger partial charge in [-0.3, -0.25) is 14.2 Å². The second-order valence-corrected chi connectivity index (χ2v) is 9.58. The third-order valence-corrected chi connectivity index (χ3v) is 7.18. The lowest BCUT2D eigenvalue weighted by Crippen LogP contribution is -2.45. The molecule has 5 rings (SSSR count). The Morgan fingerprint density at radius 2 is 1.91 bits per heavy atom. The lowest BCUT2D eigenvalue weighted by molar-refractivity contribution is -0.125. The highest BCUT2D eigenvalue weighted by Gasteiger charge is 2.29. The molecule has 0 radical (unpaired) electrons. The van der Waals surface area contributed by atoms with E-state index in [0.717, 1.165) is 12.0 Å². The highest BCUT2D eigenvalue weighted by atomic mass is 32.1. The number of nitrogens with zero attached hydrogens (tertiary/aromatic N) is 3. The summed E-state index contributed by atoms with van der Waals surface area (Å²) in [6.45, 7) is 1.42. The van der Waals surface area contributed by atoms with Gasteiger partial charge in [-0.1, -0.05) is 30.3 Å². The first kappa shape index (κ1) is 23.2. The van der Waals surface area contributed by atoms with E-state index in [1.165, 1.54) is 29.5 Å². The summed E-state index contributed by atoms with van der Waals surface area (Å²) in [5.74, 6) is -0.659. The van der Waals surface area contributed by atoms with Crippen molar-refractivity contribution in [3.05, 3.63) is 93.1 Å². The number of halogens is 2. The maximum atomic E-state index is 13.9. The van der Waals surface area contributed by atoms with Gasteiger partial charge in [-0.15, -0.1) is 11.3 Å². The van der Waals surface area contributed by atoms with Gasteiger partial charge in [0.15, 0.2) is 0 Å². The quantitative estimate of drug-likeness (QED) is 0.434. The lowest BCUT2D eigenvalue weighted by atomic mass is 9.97. The number of carbonyl (C=O) groups is 1. The Hall–Kier alpha value is -3.59. The Balaban J connectivity index is 1.39. The average molecular weight is 495 g/mol. The van der Waals surface area contributed by atoms with Crippen LogP contribution in [0.4, 0.5) is 14.7 Å². The van der Waals surface area contributed by atoms with Crippen LogP contribution in [-0.4, -0.2) is 28.5 Å². The average Bonchev–Trinajstić information content (AvgIpc) is 3.35. The summed E-state index contributed by atoms with van der Waals surface area (Å²) in [7, 11) is 0. The van der Waals surface area contributed by atoms with Crippen LogP contribution >= 0.6 is 11.3 Å². The van der Waals surface area contributed by atoms with Gasteiger partial charge in [-0.25, -0.2) is 13.8 Å². The molecule has 1 fully saturated rings. The number of hydrogen-bond donors (Lipinski definition) is 1. The number of nitrogens with one attached hydrogen (secondary N) is 1. The molecule has 1 N–H and O–H groups in total. The van der Waals surface area contributed by atoms with Crippen molar-refractivity contribution in [2.45, 2.75) is 25.9 Å². The van der Waals surface area contributed by atoms with Crippen LogP contribution in [-0.2, 0) is 17.9 Å². The zero-order valence-corrected chi connectivity index (χ0v) is 19.7. The fourth-order valence-corrected chi connectivity index (χ4v) is 5.21. The van der Waals surface area contributed by atoms with Crippen LogP contribution in [0.1, 0.15) is 24.0 Å². The molecule has 0 bridgehead atoms. The van der Waals surface area contributed by atoms with Crippen molar-refractivity contribution in [2.75, 3.05) is 18.0 Å². The van der Waals surface area contributed by atoms with Crippen LogP contribution in [0, 0.1) is 17.6 Å². The Morgan fingerprint density at radius 1 is 1.11 bits per heavy atom. The minimum Gasteiger partial charge on any atom is -0.352 e. The van der Waals surface area contributed by atoms with E-state index in [2.05, 4.69) is 5.32 Å². The number of hydrogen-bond acceptors (Lipinski definition) is 5. The first-order valence-electron chi connectivity index (χ1n) is 11.5. The highest BCUT2D eigenvalue weighted by molar-refractivity contribution is 7.17. The number of fused-ring (bicyclic) bond motifs is 1. The summed E-state index contributed by atoms with van der Waals surface area (Å²) < 4.78 is 29.5. The van der Waals surface area contributed by atoms with Gasteiger partial charge in [-0.2, -0.15) is 0 Å². The second-order valence-electron chi connectivity index (χ2n) is 8.66. The molecule has 4 aromatic rings. The number of anilines is 1. The number of aromatic nitrogens is 2. The SMILES string of the molecule is O=C(NCc1ccccc1F)C1CCCN(c2nc3ccsc3c(=O)n2Cc2ccc(F)cc2)C1. The minimum atomic E-state index is -0.351. The Labute approximate surface area is 204 Å². The van der Waals surface area contributed by atoms with E-state index >= 15 is 0 Å². The van der Waals surface area contributed by atoms with E-state index in [0.29, 0.717) is 41.2 Å². The van der Waals surface area contributed by atoms with E-state index in [4.69, 9.17) is 4.98 Å². The smallest absolute Gasteiger partial charge is 0.273 e. The molecule has 1 saturated heterocycles. The van der Waals surface area contributed by atoms with Crippen molar-refractivity contribution >= 4 is 33.4 Å². The first-order valence-corrected chi connectivity index (χ1v) is 12.4. The highest BCUT2D eigenvalue weighted by Crippen LogP contribution is 2.25. The third-order valence-electron chi connectivity index (χ3n) is 6.29. The number of piperidine rings is 1. The fraction of sp³-hybridized carbons (Fsp3) is 0.269. The molecule has 35 heavy (non-hydrogen) atoms. The fourth-order valence-electron chi connectivity index (χ4n) is 4.43. The standard InChI is InChI=1S/C26H24F2N4O2S/c27-20-9-7-17(8-10-20)15-32-25(34)23-22(11-13-35-23)30-26(32)31-12-3-5-19(16-31)24(33)29-14-18-4-1-2-6-21(18)28/h1-2,4,6-11,13,19H,3,5,12,14-16H2,(H,29,33). The molecular weight excluding hydrogens is 470 g/mol. The molecule has 6 nitrogen and oxygen atoms in total. The van der Waals surface area contributed by atoms with E-state index in [1.54, 1.807) is 34.9 Å². The predicted molar refractivity (Wildman–Crippen MR) is 133 cm³/mol. The largest absolute Gasteiger partial charge is 0.352 e.